The van der Waals surface area contributed by atoms with Gasteiger partial charge in [0.15, 0.2) is 5.11 Å². The highest BCUT2D eigenvalue weighted by Gasteiger charge is 2.15. The molecular formula is C19H21N3O4S. The van der Waals surface area contributed by atoms with Crippen molar-refractivity contribution < 1.29 is 14.5 Å². The zero-order valence-electron chi connectivity index (χ0n) is 15.2. The van der Waals surface area contributed by atoms with Gasteiger partial charge in [0.1, 0.15) is 5.75 Å². The number of amides is 1. The van der Waals surface area contributed by atoms with Gasteiger partial charge in [-0.3, -0.25) is 20.2 Å². The van der Waals surface area contributed by atoms with E-state index in [1.807, 2.05) is 0 Å². The lowest BCUT2D eigenvalue weighted by Gasteiger charge is -2.14. The minimum atomic E-state index is -0.490. The van der Waals surface area contributed by atoms with Gasteiger partial charge in [0.25, 0.3) is 11.6 Å². The topological polar surface area (TPSA) is 93.5 Å². The molecule has 0 aromatic heterocycles. The number of nitrogens with zero attached hydrogens (tertiary/aromatic N) is 1. The van der Waals surface area contributed by atoms with Gasteiger partial charge in [0.2, 0.25) is 0 Å². The molecule has 27 heavy (non-hydrogen) atoms. The molecule has 7 nitrogen and oxygen atoms in total. The zero-order chi connectivity index (χ0) is 19.8. The lowest BCUT2D eigenvalue weighted by Crippen LogP contribution is -2.34. The summed E-state index contributed by atoms with van der Waals surface area (Å²) in [4.78, 5) is 23.0. The molecule has 0 aliphatic carbocycles. The Morgan fingerprint density at radius 3 is 2.70 bits per heavy atom. The van der Waals surface area contributed by atoms with E-state index in [1.54, 1.807) is 37.3 Å². The van der Waals surface area contributed by atoms with Crippen LogP contribution in [-0.4, -0.2) is 22.5 Å². The minimum Gasteiger partial charge on any atom is -0.493 e. The predicted molar refractivity (Wildman–Crippen MR) is 108 cm³/mol. The number of nitro benzene ring substituents is 1. The van der Waals surface area contributed by atoms with Crippen LogP contribution in [0.3, 0.4) is 0 Å². The van der Waals surface area contributed by atoms with Crippen LogP contribution in [-0.2, 0) is 0 Å². The highest BCUT2D eigenvalue weighted by atomic mass is 32.1. The number of carbonyl (C=O) groups is 1. The third-order valence-corrected chi connectivity index (χ3v) is 4.00. The number of ether oxygens (including phenoxy) is 1. The standard InChI is InChI=1S/C19H21N3O4S/c1-3-4-11-26-17-8-6-5-7-15(17)18(23)21-19(27)20-16-12-14(22(24)25)10-9-13(16)2/h5-10,12H,3-4,11H2,1-2H3,(H2,20,21,23,27). The van der Waals surface area contributed by atoms with Gasteiger partial charge < -0.3 is 10.1 Å². The first-order valence-corrected chi connectivity index (χ1v) is 8.92. The van der Waals surface area contributed by atoms with Gasteiger partial charge in [-0.25, -0.2) is 0 Å². The first kappa shape index (κ1) is 20.3. The molecule has 0 unspecified atom stereocenters. The number of para-hydroxylation sites is 1. The smallest absolute Gasteiger partial charge is 0.271 e. The maximum Gasteiger partial charge on any atom is 0.271 e. The van der Waals surface area contributed by atoms with E-state index in [-0.39, 0.29) is 10.8 Å². The predicted octanol–water partition coefficient (Wildman–Crippen LogP) is 4.21. The second-order valence-corrected chi connectivity index (χ2v) is 6.27. The number of aryl methyl sites for hydroxylation is 1. The molecule has 0 aliphatic heterocycles. The summed E-state index contributed by atoms with van der Waals surface area (Å²) in [6, 6.07) is 11.3. The number of nitrogens with one attached hydrogen (secondary N) is 2. The molecule has 0 bridgehead atoms. The fourth-order valence-corrected chi connectivity index (χ4v) is 2.49. The summed E-state index contributed by atoms with van der Waals surface area (Å²) in [6.07, 6.45) is 1.88. The Balaban J connectivity index is 2.07. The second-order valence-electron chi connectivity index (χ2n) is 5.86. The highest BCUT2D eigenvalue weighted by molar-refractivity contribution is 7.80. The maximum atomic E-state index is 12.5. The summed E-state index contributed by atoms with van der Waals surface area (Å²) >= 11 is 5.18. The average molecular weight is 387 g/mol. The van der Waals surface area contributed by atoms with E-state index in [0.29, 0.717) is 23.6 Å². The van der Waals surface area contributed by atoms with Crippen LogP contribution >= 0.6 is 12.2 Å². The number of benzene rings is 2. The van der Waals surface area contributed by atoms with Crippen LogP contribution in [0.2, 0.25) is 0 Å². The van der Waals surface area contributed by atoms with Gasteiger partial charge in [-0.15, -0.1) is 0 Å². The average Bonchev–Trinajstić information content (AvgIpc) is 2.63. The van der Waals surface area contributed by atoms with Gasteiger partial charge in [-0.1, -0.05) is 31.5 Å². The van der Waals surface area contributed by atoms with Crippen LogP contribution in [0.4, 0.5) is 11.4 Å². The lowest BCUT2D eigenvalue weighted by molar-refractivity contribution is -0.384. The number of hydrogen-bond donors (Lipinski definition) is 2. The quantitative estimate of drug-likeness (QED) is 0.320. The Morgan fingerprint density at radius 1 is 1.26 bits per heavy atom. The van der Waals surface area contributed by atoms with Gasteiger partial charge in [0.05, 0.1) is 17.1 Å². The normalized spacial score (nSPS) is 10.1. The Hall–Kier alpha value is -3.00. The summed E-state index contributed by atoms with van der Waals surface area (Å²) in [6.45, 7) is 4.37. The number of carbonyl (C=O) groups excluding carboxylic acids is 1. The van der Waals surface area contributed by atoms with E-state index in [1.165, 1.54) is 12.1 Å². The lowest BCUT2D eigenvalue weighted by atomic mass is 10.2. The molecule has 0 saturated heterocycles. The summed E-state index contributed by atoms with van der Waals surface area (Å²) in [5, 5.41) is 16.4. The second kappa shape index (κ2) is 9.63. The Kier molecular flexibility index (Phi) is 7.25. The third kappa shape index (κ3) is 5.75. The van der Waals surface area contributed by atoms with Crippen molar-refractivity contribution in [3.05, 3.63) is 63.7 Å². The third-order valence-electron chi connectivity index (χ3n) is 3.79. The molecule has 1 amide bonds. The molecule has 8 heteroatoms. The first-order chi connectivity index (χ1) is 12.9. The van der Waals surface area contributed by atoms with E-state index in [4.69, 9.17) is 17.0 Å². The van der Waals surface area contributed by atoms with Crippen molar-refractivity contribution in [3.63, 3.8) is 0 Å². The summed E-state index contributed by atoms with van der Waals surface area (Å²) in [5.41, 5.74) is 1.53. The van der Waals surface area contributed by atoms with Gasteiger partial charge in [-0.05, 0) is 43.3 Å². The molecule has 2 aromatic rings. The zero-order valence-corrected chi connectivity index (χ0v) is 16.0. The van der Waals surface area contributed by atoms with E-state index < -0.39 is 10.8 Å². The van der Waals surface area contributed by atoms with Crippen molar-refractivity contribution in [3.8, 4) is 5.75 Å². The van der Waals surface area contributed by atoms with E-state index in [2.05, 4.69) is 17.6 Å². The van der Waals surface area contributed by atoms with Crippen LogP contribution in [0.25, 0.3) is 0 Å². The number of rotatable bonds is 7. The van der Waals surface area contributed by atoms with Crippen LogP contribution in [0, 0.1) is 17.0 Å². The molecule has 0 radical (unpaired) electrons. The summed E-state index contributed by atoms with van der Waals surface area (Å²) in [7, 11) is 0. The molecule has 0 atom stereocenters. The Bertz CT molecular complexity index is 855. The molecule has 0 saturated carbocycles. The highest BCUT2D eigenvalue weighted by Crippen LogP contribution is 2.22. The van der Waals surface area contributed by atoms with Crippen molar-refractivity contribution >= 4 is 34.6 Å². The largest absolute Gasteiger partial charge is 0.493 e. The van der Waals surface area contributed by atoms with Gasteiger partial charge >= 0.3 is 0 Å². The van der Waals surface area contributed by atoms with Crippen molar-refractivity contribution in [1.82, 2.24) is 5.32 Å². The van der Waals surface area contributed by atoms with E-state index in [9.17, 15) is 14.9 Å². The molecule has 0 heterocycles. The van der Waals surface area contributed by atoms with Gasteiger partial charge in [-0.2, -0.15) is 0 Å². The molecule has 2 rings (SSSR count). The van der Waals surface area contributed by atoms with E-state index >= 15 is 0 Å². The number of thiocarbonyl (C=S) groups is 1. The Morgan fingerprint density at radius 2 is 2.00 bits per heavy atom. The summed E-state index contributed by atoms with van der Waals surface area (Å²) < 4.78 is 5.66. The maximum absolute atomic E-state index is 12.5. The number of unbranched alkanes of at least 4 members (excludes halogenated alkanes) is 1. The molecule has 2 aromatic carbocycles. The SMILES string of the molecule is CCCCOc1ccccc1C(=O)NC(=S)Nc1cc([N+](=O)[O-])ccc1C. The molecule has 0 fully saturated rings. The number of hydrogen-bond acceptors (Lipinski definition) is 5. The van der Waals surface area contributed by atoms with Crippen molar-refractivity contribution in [1.29, 1.82) is 0 Å². The van der Waals surface area contributed by atoms with Crippen molar-refractivity contribution in [2.75, 3.05) is 11.9 Å². The minimum absolute atomic E-state index is 0.0481. The van der Waals surface area contributed by atoms with Crippen LogP contribution < -0.4 is 15.4 Å². The number of nitro groups is 1. The Labute approximate surface area is 162 Å². The summed E-state index contributed by atoms with van der Waals surface area (Å²) in [5.74, 6) is 0.0699. The van der Waals surface area contributed by atoms with Crippen LogP contribution in [0.5, 0.6) is 5.75 Å². The number of non-ortho nitro benzene ring substituents is 1. The van der Waals surface area contributed by atoms with Crippen LogP contribution in [0.15, 0.2) is 42.5 Å². The van der Waals surface area contributed by atoms with Gasteiger partial charge in [0, 0.05) is 17.8 Å². The number of anilines is 1. The molecular weight excluding hydrogens is 366 g/mol. The molecule has 142 valence electrons. The monoisotopic (exact) mass is 387 g/mol. The molecule has 0 spiro atoms. The van der Waals surface area contributed by atoms with Crippen molar-refractivity contribution in [2.24, 2.45) is 0 Å². The molecule has 0 aliphatic rings. The van der Waals surface area contributed by atoms with Crippen LogP contribution in [0.1, 0.15) is 35.7 Å². The first-order valence-electron chi connectivity index (χ1n) is 8.51. The van der Waals surface area contributed by atoms with E-state index in [0.717, 1.165) is 18.4 Å². The fourth-order valence-electron chi connectivity index (χ4n) is 2.29. The van der Waals surface area contributed by atoms with Crippen molar-refractivity contribution in [2.45, 2.75) is 26.7 Å². The fraction of sp³-hybridized carbons (Fsp3) is 0.263. The molecule has 2 N–H and O–H groups in total.